The number of amides is 1. The van der Waals surface area contributed by atoms with Crippen molar-refractivity contribution in [2.24, 2.45) is 11.8 Å². The fraction of sp³-hybridized carbons (Fsp3) is 0.909. The molecule has 3 heteroatoms. The van der Waals surface area contributed by atoms with Crippen molar-refractivity contribution >= 4 is 5.91 Å². The topological polar surface area (TPSA) is 40.5 Å². The lowest BCUT2D eigenvalue weighted by molar-refractivity contribution is -0.142. The summed E-state index contributed by atoms with van der Waals surface area (Å²) in [5.74, 6) is 0.994. The van der Waals surface area contributed by atoms with E-state index in [2.05, 4.69) is 0 Å². The summed E-state index contributed by atoms with van der Waals surface area (Å²) in [6.45, 7) is 2.99. The van der Waals surface area contributed by atoms with Gasteiger partial charge in [-0.05, 0) is 31.6 Å². The van der Waals surface area contributed by atoms with E-state index < -0.39 is 0 Å². The zero-order valence-electron chi connectivity index (χ0n) is 8.78. The number of aliphatic hydroxyl groups is 1. The van der Waals surface area contributed by atoms with Crippen LogP contribution in [0.15, 0.2) is 0 Å². The van der Waals surface area contributed by atoms with E-state index in [9.17, 15) is 9.90 Å². The normalized spacial score (nSPS) is 30.6. The zero-order chi connectivity index (χ0) is 10.1. The van der Waals surface area contributed by atoms with E-state index in [1.807, 2.05) is 11.8 Å². The van der Waals surface area contributed by atoms with Crippen LogP contribution in [-0.4, -0.2) is 35.1 Å². The monoisotopic (exact) mass is 197 g/mol. The van der Waals surface area contributed by atoms with E-state index in [4.69, 9.17) is 0 Å². The maximum absolute atomic E-state index is 11.9. The number of carbonyl (C=O) groups is 1. The van der Waals surface area contributed by atoms with Gasteiger partial charge in [0.05, 0.1) is 12.6 Å². The quantitative estimate of drug-likeness (QED) is 0.733. The summed E-state index contributed by atoms with van der Waals surface area (Å²) in [4.78, 5) is 13.8. The Bertz CT molecular complexity index is 225. The van der Waals surface area contributed by atoms with Crippen LogP contribution in [0.5, 0.6) is 0 Å². The molecule has 1 saturated carbocycles. The van der Waals surface area contributed by atoms with E-state index in [0.717, 1.165) is 19.4 Å². The Morgan fingerprint density at radius 1 is 1.50 bits per heavy atom. The van der Waals surface area contributed by atoms with Crippen LogP contribution in [-0.2, 0) is 4.79 Å². The summed E-state index contributed by atoms with van der Waals surface area (Å²) >= 11 is 0. The van der Waals surface area contributed by atoms with Crippen LogP contribution in [0.2, 0.25) is 0 Å². The number of nitrogens with zero attached hydrogens (tertiary/aromatic N) is 1. The number of aliphatic hydroxyl groups excluding tert-OH is 1. The first kappa shape index (κ1) is 9.97. The minimum absolute atomic E-state index is 0.116. The van der Waals surface area contributed by atoms with Gasteiger partial charge in [0, 0.05) is 12.5 Å². The standard InChI is InChI=1S/C11H19NO2/c1-8-3-2-6-12(11(8)14)10(7-13)9-4-5-9/h8-10,13H,2-7H2,1H3/t8?,10-/m1/s1. The second-order valence-corrected chi connectivity index (χ2v) is 4.66. The van der Waals surface area contributed by atoms with Gasteiger partial charge >= 0.3 is 0 Å². The second-order valence-electron chi connectivity index (χ2n) is 4.66. The van der Waals surface area contributed by atoms with Crippen molar-refractivity contribution in [2.75, 3.05) is 13.2 Å². The SMILES string of the molecule is CC1CCCN([C@H](CO)C2CC2)C1=O. The van der Waals surface area contributed by atoms with E-state index in [0.29, 0.717) is 5.92 Å². The van der Waals surface area contributed by atoms with Gasteiger partial charge in [-0.1, -0.05) is 6.92 Å². The molecule has 0 aromatic rings. The maximum Gasteiger partial charge on any atom is 0.225 e. The van der Waals surface area contributed by atoms with Gasteiger partial charge in [-0.15, -0.1) is 0 Å². The van der Waals surface area contributed by atoms with Crippen LogP contribution in [0.25, 0.3) is 0 Å². The summed E-state index contributed by atoms with van der Waals surface area (Å²) < 4.78 is 0. The van der Waals surface area contributed by atoms with Crippen LogP contribution in [0.4, 0.5) is 0 Å². The largest absolute Gasteiger partial charge is 0.394 e. The van der Waals surface area contributed by atoms with Crippen LogP contribution < -0.4 is 0 Å². The van der Waals surface area contributed by atoms with Gasteiger partial charge < -0.3 is 10.0 Å². The molecule has 14 heavy (non-hydrogen) atoms. The Hall–Kier alpha value is -0.570. The average molecular weight is 197 g/mol. The van der Waals surface area contributed by atoms with Gasteiger partial charge in [-0.3, -0.25) is 4.79 Å². The first-order valence-electron chi connectivity index (χ1n) is 5.65. The van der Waals surface area contributed by atoms with Gasteiger partial charge in [0.1, 0.15) is 0 Å². The van der Waals surface area contributed by atoms with Crippen molar-refractivity contribution in [1.82, 2.24) is 4.90 Å². The molecular formula is C11H19NO2. The predicted molar refractivity (Wildman–Crippen MR) is 53.7 cm³/mol. The van der Waals surface area contributed by atoms with Gasteiger partial charge in [0.15, 0.2) is 0 Å². The fourth-order valence-corrected chi connectivity index (χ4v) is 2.40. The molecule has 1 heterocycles. The summed E-state index contributed by atoms with van der Waals surface area (Å²) in [5.41, 5.74) is 0. The number of hydrogen-bond donors (Lipinski definition) is 1. The molecule has 2 rings (SSSR count). The number of hydrogen-bond acceptors (Lipinski definition) is 2. The molecular weight excluding hydrogens is 178 g/mol. The van der Waals surface area contributed by atoms with Gasteiger partial charge in [-0.25, -0.2) is 0 Å². The second kappa shape index (κ2) is 3.89. The molecule has 0 bridgehead atoms. The third-order valence-electron chi connectivity index (χ3n) is 3.49. The van der Waals surface area contributed by atoms with Crippen molar-refractivity contribution in [1.29, 1.82) is 0 Å². The minimum atomic E-state index is 0.116. The van der Waals surface area contributed by atoms with Gasteiger partial charge in [0.25, 0.3) is 0 Å². The third-order valence-corrected chi connectivity index (χ3v) is 3.49. The highest BCUT2D eigenvalue weighted by atomic mass is 16.3. The number of likely N-dealkylation sites (tertiary alicyclic amines) is 1. The highest BCUT2D eigenvalue weighted by Crippen LogP contribution is 2.36. The van der Waals surface area contributed by atoms with Crippen LogP contribution in [0.1, 0.15) is 32.6 Å². The third kappa shape index (κ3) is 1.78. The van der Waals surface area contributed by atoms with Crippen LogP contribution in [0, 0.1) is 11.8 Å². The Labute approximate surface area is 85.1 Å². The molecule has 1 N–H and O–H groups in total. The molecule has 1 aliphatic heterocycles. The molecule has 1 unspecified atom stereocenters. The minimum Gasteiger partial charge on any atom is -0.394 e. The molecule has 1 amide bonds. The molecule has 2 aliphatic rings. The van der Waals surface area contributed by atoms with E-state index in [1.54, 1.807) is 0 Å². The first-order valence-corrected chi connectivity index (χ1v) is 5.65. The molecule has 80 valence electrons. The predicted octanol–water partition coefficient (Wildman–Crippen LogP) is 1.02. The van der Waals surface area contributed by atoms with Crippen molar-refractivity contribution in [3.05, 3.63) is 0 Å². The molecule has 1 saturated heterocycles. The maximum atomic E-state index is 11.9. The fourth-order valence-electron chi connectivity index (χ4n) is 2.40. The Balaban J connectivity index is 2.02. The van der Waals surface area contributed by atoms with E-state index in [-0.39, 0.29) is 24.5 Å². The van der Waals surface area contributed by atoms with E-state index >= 15 is 0 Å². The summed E-state index contributed by atoms with van der Waals surface area (Å²) in [5, 5.41) is 9.30. The van der Waals surface area contributed by atoms with Crippen LogP contribution >= 0.6 is 0 Å². The average Bonchev–Trinajstić information content (AvgIpc) is 2.97. The Morgan fingerprint density at radius 3 is 2.79 bits per heavy atom. The number of carbonyl (C=O) groups excluding carboxylic acids is 1. The summed E-state index contributed by atoms with van der Waals surface area (Å²) in [6.07, 6.45) is 4.47. The van der Waals surface area contributed by atoms with Crippen molar-refractivity contribution < 1.29 is 9.90 Å². The molecule has 0 radical (unpaired) electrons. The summed E-state index contributed by atoms with van der Waals surface area (Å²) in [7, 11) is 0. The lowest BCUT2D eigenvalue weighted by Gasteiger charge is -2.36. The first-order chi connectivity index (χ1) is 6.74. The smallest absolute Gasteiger partial charge is 0.225 e. The lowest BCUT2D eigenvalue weighted by atomic mass is 9.96. The Kier molecular flexibility index (Phi) is 2.77. The summed E-state index contributed by atoms with van der Waals surface area (Å²) in [6, 6.07) is 0.116. The molecule has 0 aromatic heterocycles. The molecule has 2 atom stereocenters. The number of piperidine rings is 1. The van der Waals surface area contributed by atoms with Crippen molar-refractivity contribution in [3.63, 3.8) is 0 Å². The highest BCUT2D eigenvalue weighted by Gasteiger charge is 2.39. The molecule has 1 aliphatic carbocycles. The van der Waals surface area contributed by atoms with Gasteiger partial charge in [-0.2, -0.15) is 0 Å². The van der Waals surface area contributed by atoms with Crippen molar-refractivity contribution in [2.45, 2.75) is 38.6 Å². The molecule has 2 fully saturated rings. The Morgan fingerprint density at radius 2 is 2.21 bits per heavy atom. The zero-order valence-corrected chi connectivity index (χ0v) is 8.78. The molecule has 3 nitrogen and oxygen atoms in total. The van der Waals surface area contributed by atoms with E-state index in [1.165, 1.54) is 12.8 Å². The van der Waals surface area contributed by atoms with Crippen LogP contribution in [0.3, 0.4) is 0 Å². The molecule has 0 spiro atoms. The number of rotatable bonds is 3. The van der Waals surface area contributed by atoms with Gasteiger partial charge in [0.2, 0.25) is 5.91 Å². The highest BCUT2D eigenvalue weighted by molar-refractivity contribution is 5.79. The lowest BCUT2D eigenvalue weighted by Crippen LogP contribution is -2.49. The van der Waals surface area contributed by atoms with Crippen molar-refractivity contribution in [3.8, 4) is 0 Å². The molecule has 0 aromatic carbocycles.